The summed E-state index contributed by atoms with van der Waals surface area (Å²) in [5.74, 6) is -1.71. The molecule has 4 amide bonds. The zero-order valence-electron chi connectivity index (χ0n) is 17.4. The molecule has 0 saturated carbocycles. The lowest BCUT2D eigenvalue weighted by atomic mass is 9.95. The fourth-order valence-corrected chi connectivity index (χ4v) is 3.59. The van der Waals surface area contributed by atoms with Gasteiger partial charge < -0.3 is 0 Å². The van der Waals surface area contributed by atoms with Crippen LogP contribution in [-0.4, -0.2) is 46.1 Å². The van der Waals surface area contributed by atoms with Crippen molar-refractivity contribution in [1.29, 1.82) is 0 Å². The standard InChI is InChI=1S/C19H28F3N5O4/c1-2-3-4-8-15(12-26(31)13-28)17(29)23-24-18(30)27(19(20,21)22)11-10-14-7-5-6-9-16(14)25-27/h10-11,13,15,25,31H,2-9,12H2,1H3,(H-,23,24,29,30)/p+1/t15-,27?/m1/s1. The second kappa shape index (κ2) is 10.6. The number of unbranched alkanes of at least 4 members (excludes halogenated alkanes) is 2. The Morgan fingerprint density at radius 2 is 2.00 bits per heavy atom. The molecule has 0 saturated heterocycles. The zero-order chi connectivity index (χ0) is 23.1. The van der Waals surface area contributed by atoms with Crippen LogP contribution in [0.4, 0.5) is 18.0 Å². The van der Waals surface area contributed by atoms with Gasteiger partial charge in [-0.25, -0.2) is 20.7 Å². The lowest BCUT2D eigenvalue weighted by molar-refractivity contribution is -0.955. The number of hydrogen-bond donors (Lipinski definition) is 4. The third-order valence-corrected chi connectivity index (χ3v) is 5.39. The lowest BCUT2D eigenvalue weighted by Gasteiger charge is -2.37. The summed E-state index contributed by atoms with van der Waals surface area (Å²) in [4.78, 5) is 35.7. The van der Waals surface area contributed by atoms with Crippen LogP contribution in [0.15, 0.2) is 23.5 Å². The lowest BCUT2D eigenvalue weighted by Crippen LogP contribution is -2.70. The van der Waals surface area contributed by atoms with Crippen molar-refractivity contribution in [3.05, 3.63) is 23.5 Å². The average Bonchev–Trinajstić information content (AvgIpc) is 2.75. The molecule has 1 unspecified atom stereocenters. The first kappa shape index (κ1) is 24.7. The molecular formula is C19H29F3N5O4+. The van der Waals surface area contributed by atoms with Crippen LogP contribution in [0.1, 0.15) is 58.3 Å². The van der Waals surface area contributed by atoms with Crippen LogP contribution in [0.3, 0.4) is 0 Å². The number of nitrogens with one attached hydrogen (secondary N) is 3. The molecule has 4 N–H and O–H groups in total. The Kier molecular flexibility index (Phi) is 8.45. The van der Waals surface area contributed by atoms with Gasteiger partial charge in [-0.3, -0.25) is 20.2 Å². The molecule has 174 valence electrons. The third-order valence-electron chi connectivity index (χ3n) is 5.39. The number of halogens is 3. The van der Waals surface area contributed by atoms with Crippen LogP contribution < -0.4 is 16.3 Å². The molecular weight excluding hydrogens is 419 g/mol. The predicted octanol–water partition coefficient (Wildman–Crippen LogP) is 2.97. The minimum Gasteiger partial charge on any atom is -0.286 e. The summed E-state index contributed by atoms with van der Waals surface area (Å²) in [6, 6.07) is -1.53. The summed E-state index contributed by atoms with van der Waals surface area (Å²) in [6.45, 7) is 1.61. The first-order valence-electron chi connectivity index (χ1n) is 10.3. The van der Waals surface area contributed by atoms with Crippen molar-refractivity contribution >= 4 is 18.3 Å². The van der Waals surface area contributed by atoms with Gasteiger partial charge in [0.25, 0.3) is 0 Å². The fourth-order valence-electron chi connectivity index (χ4n) is 3.59. The minimum atomic E-state index is -5.01. The number of nitrogens with zero attached hydrogens (tertiary/aromatic N) is 2. The summed E-state index contributed by atoms with van der Waals surface area (Å²) < 4.78 is 39.5. The number of hydrogen-bond acceptors (Lipinski definition) is 5. The number of alkyl halides is 3. The highest BCUT2D eigenvalue weighted by Gasteiger charge is 2.63. The highest BCUT2D eigenvalue weighted by molar-refractivity contribution is 5.81. The van der Waals surface area contributed by atoms with Crippen molar-refractivity contribution in [2.75, 3.05) is 6.54 Å². The van der Waals surface area contributed by atoms with Crippen molar-refractivity contribution in [1.82, 2.24) is 21.3 Å². The van der Waals surface area contributed by atoms with Gasteiger partial charge in [0.15, 0.2) is 0 Å². The zero-order valence-corrected chi connectivity index (χ0v) is 17.4. The molecule has 0 fully saturated rings. The van der Waals surface area contributed by atoms with Crippen molar-refractivity contribution in [2.45, 2.75) is 64.6 Å². The Morgan fingerprint density at radius 1 is 1.29 bits per heavy atom. The SMILES string of the molecule is CCCCC[C@H](CN(O)C=O)C(=O)NNC(=O)[N+]1(C(F)(F)F)C=CC2=C(CCCC2)N1. The Labute approximate surface area is 178 Å². The van der Waals surface area contributed by atoms with Crippen LogP contribution in [0.5, 0.6) is 0 Å². The first-order chi connectivity index (χ1) is 14.6. The van der Waals surface area contributed by atoms with Crippen LogP contribution >= 0.6 is 0 Å². The molecule has 1 aliphatic heterocycles. The second-order valence-electron chi connectivity index (χ2n) is 7.67. The topological polar surface area (TPSA) is 111 Å². The number of quaternary nitrogens is 1. The van der Waals surface area contributed by atoms with Gasteiger partial charge in [0.2, 0.25) is 12.3 Å². The largest absolute Gasteiger partial charge is 0.598 e. The molecule has 0 bridgehead atoms. The number of carbonyl (C=O) groups is 3. The molecule has 0 radical (unpaired) electrons. The Hall–Kier alpha value is -2.60. The second-order valence-corrected chi connectivity index (χ2v) is 7.67. The van der Waals surface area contributed by atoms with Crippen molar-refractivity contribution in [3.8, 4) is 0 Å². The average molecular weight is 448 g/mol. The highest BCUT2D eigenvalue weighted by atomic mass is 19.4. The van der Waals surface area contributed by atoms with Gasteiger partial charge >= 0.3 is 12.3 Å². The Balaban J connectivity index is 2.09. The Morgan fingerprint density at radius 3 is 2.65 bits per heavy atom. The first-order valence-corrected chi connectivity index (χ1v) is 10.3. The van der Waals surface area contributed by atoms with Crippen LogP contribution in [-0.2, 0) is 9.59 Å². The smallest absolute Gasteiger partial charge is 0.286 e. The van der Waals surface area contributed by atoms with E-state index in [2.05, 4.69) is 5.43 Å². The number of carbonyl (C=O) groups excluding carboxylic acids is 3. The van der Waals surface area contributed by atoms with E-state index in [4.69, 9.17) is 0 Å². The van der Waals surface area contributed by atoms with E-state index >= 15 is 0 Å². The minimum absolute atomic E-state index is 0.125. The van der Waals surface area contributed by atoms with E-state index in [1.165, 1.54) is 6.08 Å². The predicted molar refractivity (Wildman–Crippen MR) is 103 cm³/mol. The van der Waals surface area contributed by atoms with E-state index in [0.717, 1.165) is 24.8 Å². The number of rotatable bonds is 8. The van der Waals surface area contributed by atoms with Crippen LogP contribution in [0.25, 0.3) is 0 Å². The molecule has 0 aromatic heterocycles. The Bertz CT molecular complexity index is 741. The molecule has 31 heavy (non-hydrogen) atoms. The third kappa shape index (κ3) is 5.97. The van der Waals surface area contributed by atoms with Crippen LogP contribution in [0, 0.1) is 5.92 Å². The monoisotopic (exact) mass is 448 g/mol. The molecule has 0 aromatic carbocycles. The van der Waals surface area contributed by atoms with Crippen molar-refractivity contribution in [3.63, 3.8) is 0 Å². The van der Waals surface area contributed by atoms with Gasteiger partial charge in [0, 0.05) is 0 Å². The maximum atomic E-state index is 13.9. The molecule has 9 nitrogen and oxygen atoms in total. The van der Waals surface area contributed by atoms with Crippen molar-refractivity contribution < 1.29 is 37.4 Å². The van der Waals surface area contributed by atoms with Gasteiger partial charge in [-0.15, -0.1) is 13.2 Å². The molecule has 0 spiro atoms. The number of hydrazine groups is 1. The van der Waals surface area contributed by atoms with E-state index < -0.39 is 28.7 Å². The number of urea groups is 1. The molecule has 12 heteroatoms. The molecule has 1 aliphatic carbocycles. The molecule has 2 rings (SSSR count). The van der Waals surface area contributed by atoms with Crippen molar-refractivity contribution in [2.24, 2.45) is 5.92 Å². The van der Waals surface area contributed by atoms with Gasteiger partial charge in [0.05, 0.1) is 18.2 Å². The van der Waals surface area contributed by atoms with E-state index in [1.54, 1.807) is 0 Å². The van der Waals surface area contributed by atoms with Gasteiger partial charge in [-0.2, -0.15) is 0 Å². The maximum absolute atomic E-state index is 13.9. The van der Waals surface area contributed by atoms with Gasteiger partial charge in [-0.05, 0) is 48.3 Å². The number of hydroxylamine groups is 2. The molecule has 2 atom stereocenters. The van der Waals surface area contributed by atoms with E-state index in [9.17, 15) is 32.8 Å². The summed E-state index contributed by atoms with van der Waals surface area (Å²) in [6.07, 6.45) is 2.27. The maximum Gasteiger partial charge on any atom is 0.598 e. The normalized spacial score (nSPS) is 21.6. The van der Waals surface area contributed by atoms with Crippen LogP contribution in [0.2, 0.25) is 0 Å². The highest BCUT2D eigenvalue weighted by Crippen LogP contribution is 2.36. The quantitative estimate of drug-likeness (QED) is 0.114. The van der Waals surface area contributed by atoms with E-state index in [0.29, 0.717) is 37.6 Å². The van der Waals surface area contributed by atoms with Gasteiger partial charge in [0.1, 0.15) is 6.20 Å². The summed E-state index contributed by atoms with van der Waals surface area (Å²) in [5, 5.41) is 9.68. The fraction of sp³-hybridized carbons (Fsp3) is 0.632. The molecule has 2 aliphatic rings. The number of amides is 4. The molecule has 1 heterocycles. The van der Waals surface area contributed by atoms with E-state index in [-0.39, 0.29) is 24.4 Å². The summed E-state index contributed by atoms with van der Waals surface area (Å²) in [7, 11) is 0. The van der Waals surface area contributed by atoms with E-state index in [1.807, 2.05) is 17.8 Å². The van der Waals surface area contributed by atoms with Gasteiger partial charge in [-0.1, -0.05) is 26.2 Å². The number of allylic oxidation sites excluding steroid dienone is 3. The summed E-state index contributed by atoms with van der Waals surface area (Å²) in [5.41, 5.74) is 7.23. The molecule has 0 aromatic rings. The summed E-state index contributed by atoms with van der Waals surface area (Å²) >= 11 is 0.